The molecule has 1 heterocycles. The van der Waals surface area contributed by atoms with E-state index in [1.54, 1.807) is 12.1 Å². The summed E-state index contributed by atoms with van der Waals surface area (Å²) in [6.45, 7) is 0.948. The van der Waals surface area contributed by atoms with E-state index in [1.165, 1.54) is 17.0 Å². The first-order valence-electron chi connectivity index (χ1n) is 13.5. The summed E-state index contributed by atoms with van der Waals surface area (Å²) in [5.74, 6) is -2.78. The van der Waals surface area contributed by atoms with E-state index in [4.69, 9.17) is 22.9 Å². The molecular weight excluding hydrogens is 520 g/mol. The first-order valence-corrected chi connectivity index (χ1v) is 13.5. The van der Waals surface area contributed by atoms with Crippen LogP contribution in [0.25, 0.3) is 0 Å². The maximum Gasteiger partial charge on any atom is 0.326 e. The molecule has 3 amide bonds. The lowest BCUT2D eigenvalue weighted by Crippen LogP contribution is -2.56. The molecule has 1 aliphatic heterocycles. The SMILES string of the molecule is NCCCCC(NC(=O)C(CCCN=C(N)N)NC(=O)C1CCCN1C(=O)C(N)Cc1ccc(O)cc1)C(=O)O. The minimum absolute atomic E-state index is 0.0991. The van der Waals surface area contributed by atoms with Gasteiger partial charge in [0.2, 0.25) is 17.7 Å². The fourth-order valence-corrected chi connectivity index (χ4v) is 4.55. The van der Waals surface area contributed by atoms with Crippen molar-refractivity contribution in [2.75, 3.05) is 19.6 Å². The average molecular weight is 563 g/mol. The zero-order valence-corrected chi connectivity index (χ0v) is 22.6. The van der Waals surface area contributed by atoms with Crippen LogP contribution in [0.1, 0.15) is 50.5 Å². The van der Waals surface area contributed by atoms with Gasteiger partial charge in [-0.1, -0.05) is 12.1 Å². The Bertz CT molecular complexity index is 1030. The van der Waals surface area contributed by atoms with E-state index < -0.39 is 47.9 Å². The van der Waals surface area contributed by atoms with E-state index in [9.17, 15) is 29.4 Å². The van der Waals surface area contributed by atoms with Gasteiger partial charge >= 0.3 is 5.97 Å². The van der Waals surface area contributed by atoms with Gasteiger partial charge in [-0.05, 0) is 75.6 Å². The number of rotatable bonds is 16. The van der Waals surface area contributed by atoms with Crippen LogP contribution in [0.3, 0.4) is 0 Å². The van der Waals surface area contributed by atoms with Crippen molar-refractivity contribution < 1.29 is 29.4 Å². The molecule has 0 saturated carbocycles. The Labute approximate surface area is 233 Å². The quantitative estimate of drug-likeness (QED) is 0.0656. The van der Waals surface area contributed by atoms with Gasteiger partial charge in [0.15, 0.2) is 5.96 Å². The number of aliphatic imine (C=N–C) groups is 1. The number of nitrogens with one attached hydrogen (secondary N) is 2. The van der Waals surface area contributed by atoms with Crippen LogP contribution in [0.5, 0.6) is 5.75 Å². The van der Waals surface area contributed by atoms with Crippen molar-refractivity contribution >= 4 is 29.7 Å². The normalized spacial score (nSPS) is 16.9. The first-order chi connectivity index (χ1) is 19.0. The highest BCUT2D eigenvalue weighted by Crippen LogP contribution is 2.20. The predicted octanol–water partition coefficient (Wildman–Crippen LogP) is -1.51. The Morgan fingerprint density at radius 3 is 2.33 bits per heavy atom. The number of carboxylic acid groups (broad SMARTS) is 1. The number of nitrogens with zero attached hydrogens (tertiary/aromatic N) is 2. The Balaban J connectivity index is 2.09. The third-order valence-corrected chi connectivity index (χ3v) is 6.69. The molecule has 2 rings (SSSR count). The van der Waals surface area contributed by atoms with Crippen LogP contribution < -0.4 is 33.6 Å². The number of phenolic OH excluding ortho intramolecular Hbond substituents is 1. The molecule has 1 aromatic carbocycles. The van der Waals surface area contributed by atoms with Crippen LogP contribution in [-0.2, 0) is 25.6 Å². The van der Waals surface area contributed by atoms with Crippen molar-refractivity contribution in [1.82, 2.24) is 15.5 Å². The molecule has 14 nitrogen and oxygen atoms in total. The largest absolute Gasteiger partial charge is 0.508 e. The summed E-state index contributed by atoms with van der Waals surface area (Å²) in [7, 11) is 0. The molecule has 0 spiro atoms. The highest BCUT2D eigenvalue weighted by atomic mass is 16.4. The third-order valence-electron chi connectivity index (χ3n) is 6.69. The molecular formula is C26H42N8O6. The van der Waals surface area contributed by atoms with Crippen molar-refractivity contribution in [2.45, 2.75) is 75.5 Å². The van der Waals surface area contributed by atoms with Crippen LogP contribution in [0.4, 0.5) is 0 Å². The monoisotopic (exact) mass is 562 g/mol. The second-order valence-electron chi connectivity index (χ2n) is 9.86. The zero-order valence-electron chi connectivity index (χ0n) is 22.6. The minimum atomic E-state index is -1.19. The van der Waals surface area contributed by atoms with E-state index in [1.807, 2.05) is 0 Å². The van der Waals surface area contributed by atoms with Crippen LogP contribution in [0.2, 0.25) is 0 Å². The fourth-order valence-electron chi connectivity index (χ4n) is 4.55. The summed E-state index contributed by atoms with van der Waals surface area (Å²) < 4.78 is 0. The van der Waals surface area contributed by atoms with Gasteiger partial charge in [0.1, 0.15) is 23.9 Å². The fraction of sp³-hybridized carbons (Fsp3) is 0.577. The summed E-state index contributed by atoms with van der Waals surface area (Å²) in [6, 6.07) is 2.41. The van der Waals surface area contributed by atoms with Gasteiger partial charge in [0.05, 0.1) is 6.04 Å². The number of benzene rings is 1. The van der Waals surface area contributed by atoms with Crippen LogP contribution in [0, 0.1) is 0 Å². The lowest BCUT2D eigenvalue weighted by atomic mass is 10.0. The number of phenols is 1. The summed E-state index contributed by atoms with van der Waals surface area (Å²) >= 11 is 0. The molecule has 12 N–H and O–H groups in total. The number of guanidine groups is 1. The van der Waals surface area contributed by atoms with Crippen molar-refractivity contribution in [3.63, 3.8) is 0 Å². The minimum Gasteiger partial charge on any atom is -0.508 e. The number of nitrogens with two attached hydrogens (primary N) is 4. The number of hydrogen-bond donors (Lipinski definition) is 8. The number of likely N-dealkylation sites (tertiary alicyclic amines) is 1. The topological polar surface area (TPSA) is 252 Å². The summed E-state index contributed by atoms with van der Waals surface area (Å²) in [4.78, 5) is 56.6. The number of aromatic hydroxyl groups is 1. The van der Waals surface area contributed by atoms with E-state index >= 15 is 0 Å². The van der Waals surface area contributed by atoms with E-state index in [0.717, 1.165) is 5.56 Å². The van der Waals surface area contributed by atoms with Crippen LogP contribution >= 0.6 is 0 Å². The first kappa shape index (κ1) is 32.3. The predicted molar refractivity (Wildman–Crippen MR) is 149 cm³/mol. The highest BCUT2D eigenvalue weighted by molar-refractivity contribution is 5.94. The molecule has 0 aliphatic carbocycles. The summed E-state index contributed by atoms with van der Waals surface area (Å²) in [5, 5.41) is 24.2. The molecule has 0 aromatic heterocycles. The Kier molecular flexibility index (Phi) is 13.1. The van der Waals surface area contributed by atoms with Crippen molar-refractivity contribution in [3.8, 4) is 5.75 Å². The number of carboxylic acids is 1. The zero-order chi connectivity index (χ0) is 29.7. The van der Waals surface area contributed by atoms with Crippen molar-refractivity contribution in [1.29, 1.82) is 0 Å². The van der Waals surface area contributed by atoms with E-state index in [0.29, 0.717) is 45.2 Å². The van der Waals surface area contributed by atoms with Crippen LogP contribution in [-0.4, -0.2) is 88.6 Å². The molecule has 222 valence electrons. The number of carbonyl (C=O) groups excluding carboxylic acids is 3. The van der Waals surface area contributed by atoms with E-state index in [2.05, 4.69) is 15.6 Å². The third kappa shape index (κ3) is 10.3. The van der Waals surface area contributed by atoms with Gasteiger partial charge in [-0.15, -0.1) is 0 Å². The highest BCUT2D eigenvalue weighted by Gasteiger charge is 2.38. The summed E-state index contributed by atoms with van der Waals surface area (Å²) in [5.41, 5.74) is 23.1. The molecule has 40 heavy (non-hydrogen) atoms. The Morgan fingerprint density at radius 1 is 1.02 bits per heavy atom. The average Bonchev–Trinajstić information content (AvgIpc) is 3.40. The van der Waals surface area contributed by atoms with Gasteiger partial charge in [0, 0.05) is 13.1 Å². The number of amides is 3. The number of carbonyl (C=O) groups is 4. The maximum absolute atomic E-state index is 13.3. The number of hydrogen-bond acceptors (Lipinski definition) is 8. The molecule has 4 atom stereocenters. The maximum atomic E-state index is 13.3. The van der Waals surface area contributed by atoms with Gasteiger partial charge < -0.3 is 48.7 Å². The van der Waals surface area contributed by atoms with Crippen LogP contribution in [0.15, 0.2) is 29.3 Å². The van der Waals surface area contributed by atoms with Gasteiger partial charge in [-0.25, -0.2) is 4.79 Å². The summed E-state index contributed by atoms with van der Waals surface area (Å²) in [6.07, 6.45) is 2.99. The number of unbranched alkanes of at least 4 members (excludes halogenated alkanes) is 1. The molecule has 1 saturated heterocycles. The molecule has 14 heteroatoms. The molecule has 0 radical (unpaired) electrons. The van der Waals surface area contributed by atoms with Gasteiger partial charge in [-0.3, -0.25) is 19.4 Å². The number of aliphatic carboxylic acids is 1. The molecule has 1 fully saturated rings. The Hall–Kier alpha value is -3.91. The van der Waals surface area contributed by atoms with Gasteiger partial charge in [0.25, 0.3) is 0 Å². The lowest BCUT2D eigenvalue weighted by molar-refractivity contribution is -0.143. The second kappa shape index (κ2) is 16.3. The standard InChI is InChI=1S/C26H42N8O6/c27-12-2-1-5-20(25(39)40)33-22(36)19(6-3-13-31-26(29)30)32-23(37)21-7-4-14-34(21)24(38)18(28)15-16-8-10-17(35)11-9-16/h8-11,18-21,35H,1-7,12-15,27-28H2,(H,32,37)(H,33,36)(H,39,40)(H4,29,30,31). The second-order valence-corrected chi connectivity index (χ2v) is 9.86. The molecule has 4 unspecified atom stereocenters. The molecule has 0 bridgehead atoms. The van der Waals surface area contributed by atoms with Crippen molar-refractivity contribution in [2.24, 2.45) is 27.9 Å². The van der Waals surface area contributed by atoms with Crippen molar-refractivity contribution in [3.05, 3.63) is 29.8 Å². The smallest absolute Gasteiger partial charge is 0.326 e. The molecule has 1 aromatic rings. The van der Waals surface area contributed by atoms with E-state index in [-0.39, 0.29) is 37.5 Å². The lowest BCUT2D eigenvalue weighted by Gasteiger charge is -2.28. The Morgan fingerprint density at radius 2 is 1.70 bits per heavy atom. The molecule has 1 aliphatic rings. The van der Waals surface area contributed by atoms with Gasteiger partial charge in [-0.2, -0.15) is 0 Å².